The van der Waals surface area contributed by atoms with Gasteiger partial charge >= 0.3 is 0 Å². The predicted molar refractivity (Wildman–Crippen MR) is 117 cm³/mol. The van der Waals surface area contributed by atoms with Gasteiger partial charge in [-0.15, -0.1) is 0 Å². The number of nitriles is 1. The minimum atomic E-state index is -3.27. The number of carbonyl (C=O) groups excluding carboxylic acids is 2. The molecule has 10 heteroatoms. The minimum Gasteiger partial charge on any atom is -0.347 e. The second-order valence-electron chi connectivity index (χ2n) is 8.73. The number of amides is 2. The number of hydrogen-bond donors (Lipinski definition) is 1. The number of nitrogens with zero attached hydrogens (tertiary/aromatic N) is 4. The van der Waals surface area contributed by atoms with Crippen molar-refractivity contribution in [2.45, 2.75) is 43.5 Å². The third-order valence-corrected chi connectivity index (χ3v) is 8.55. The van der Waals surface area contributed by atoms with Crippen LogP contribution in [-0.4, -0.2) is 58.5 Å². The van der Waals surface area contributed by atoms with E-state index in [1.54, 1.807) is 36.2 Å². The molecular weight excluding hydrogens is 430 g/mol. The predicted octanol–water partition coefficient (Wildman–Crippen LogP) is 1.19. The van der Waals surface area contributed by atoms with Crippen molar-refractivity contribution >= 4 is 21.7 Å². The SMILES string of the molecule is C[C@H]1Cc2c(C(=O)NCc3ccc(C#N)cc3)nn(C)c2C(=O)N1CC1(S(C)(=O)=O)CC1. The van der Waals surface area contributed by atoms with Crippen LogP contribution in [0.2, 0.25) is 0 Å². The lowest BCUT2D eigenvalue weighted by Gasteiger charge is -2.35. The highest BCUT2D eigenvalue weighted by Crippen LogP contribution is 2.45. The normalized spacial score (nSPS) is 19.2. The van der Waals surface area contributed by atoms with Crippen LogP contribution < -0.4 is 5.32 Å². The summed E-state index contributed by atoms with van der Waals surface area (Å²) in [7, 11) is -1.65. The standard InChI is InChI=1S/C22H25N5O4S/c1-14-10-17-18(20(28)24-12-16-6-4-15(11-23)5-7-16)25-26(2)19(17)21(29)27(14)13-22(8-9-22)32(3,30)31/h4-7,14H,8-10,12-13H2,1-3H3,(H,24,28)/t14-/m0/s1. The van der Waals surface area contributed by atoms with Crippen LogP contribution in [0.5, 0.6) is 0 Å². The lowest BCUT2D eigenvalue weighted by atomic mass is 9.96. The number of benzene rings is 1. The van der Waals surface area contributed by atoms with Crippen LogP contribution in [0.1, 0.15) is 57.4 Å². The van der Waals surface area contributed by atoms with Gasteiger partial charge in [-0.05, 0) is 43.9 Å². The maximum absolute atomic E-state index is 13.3. The summed E-state index contributed by atoms with van der Waals surface area (Å²) in [6, 6.07) is 8.71. The number of aromatic nitrogens is 2. The summed E-state index contributed by atoms with van der Waals surface area (Å²) < 4.78 is 25.0. The first-order valence-corrected chi connectivity index (χ1v) is 12.3. The van der Waals surface area contributed by atoms with Crippen molar-refractivity contribution in [3.63, 3.8) is 0 Å². The average Bonchev–Trinajstić information content (AvgIpc) is 3.47. The molecule has 1 atom stereocenters. The Morgan fingerprint density at radius 1 is 1.31 bits per heavy atom. The monoisotopic (exact) mass is 455 g/mol. The quantitative estimate of drug-likeness (QED) is 0.697. The van der Waals surface area contributed by atoms with Crippen molar-refractivity contribution < 1.29 is 18.0 Å². The van der Waals surface area contributed by atoms with Crippen LogP contribution in [-0.2, 0) is 29.9 Å². The maximum Gasteiger partial charge on any atom is 0.272 e. The van der Waals surface area contributed by atoms with E-state index in [2.05, 4.69) is 16.5 Å². The van der Waals surface area contributed by atoms with Gasteiger partial charge in [0.15, 0.2) is 15.5 Å². The average molecular weight is 456 g/mol. The largest absolute Gasteiger partial charge is 0.347 e. The van der Waals surface area contributed by atoms with Gasteiger partial charge in [-0.25, -0.2) is 8.42 Å². The molecule has 0 saturated heterocycles. The molecule has 32 heavy (non-hydrogen) atoms. The molecule has 1 aliphatic carbocycles. The van der Waals surface area contributed by atoms with Crippen molar-refractivity contribution in [1.29, 1.82) is 5.26 Å². The van der Waals surface area contributed by atoms with Crippen molar-refractivity contribution in [3.8, 4) is 6.07 Å². The molecular formula is C22H25N5O4S. The molecule has 2 aliphatic rings. The van der Waals surface area contributed by atoms with Crippen LogP contribution in [0.15, 0.2) is 24.3 Å². The molecule has 9 nitrogen and oxygen atoms in total. The first-order valence-electron chi connectivity index (χ1n) is 10.4. The summed E-state index contributed by atoms with van der Waals surface area (Å²) in [5.74, 6) is -0.677. The van der Waals surface area contributed by atoms with Gasteiger partial charge in [0, 0.05) is 38.0 Å². The van der Waals surface area contributed by atoms with E-state index in [1.165, 1.54) is 10.9 Å². The molecule has 0 bridgehead atoms. The Balaban J connectivity index is 1.53. The molecule has 2 amide bonds. The molecule has 1 saturated carbocycles. The van der Waals surface area contributed by atoms with E-state index in [9.17, 15) is 18.0 Å². The molecule has 168 valence electrons. The fraction of sp³-hybridized carbons (Fsp3) is 0.455. The molecule has 2 heterocycles. The van der Waals surface area contributed by atoms with Crippen LogP contribution in [0.3, 0.4) is 0 Å². The van der Waals surface area contributed by atoms with Gasteiger partial charge in [-0.3, -0.25) is 14.3 Å². The van der Waals surface area contributed by atoms with E-state index in [0.29, 0.717) is 36.1 Å². The smallest absolute Gasteiger partial charge is 0.272 e. The van der Waals surface area contributed by atoms with Gasteiger partial charge in [-0.1, -0.05) is 12.1 Å². The Kier molecular flexibility index (Phi) is 5.33. The highest BCUT2D eigenvalue weighted by atomic mass is 32.2. The van der Waals surface area contributed by atoms with Crippen molar-refractivity contribution in [2.24, 2.45) is 7.05 Å². The Labute approximate surface area is 186 Å². The van der Waals surface area contributed by atoms with E-state index in [0.717, 1.165) is 5.56 Å². The molecule has 0 radical (unpaired) electrons. The van der Waals surface area contributed by atoms with E-state index in [1.807, 2.05) is 6.92 Å². The second kappa shape index (κ2) is 7.74. The molecule has 4 rings (SSSR count). The zero-order valence-electron chi connectivity index (χ0n) is 18.3. The maximum atomic E-state index is 13.3. The Morgan fingerprint density at radius 3 is 2.53 bits per heavy atom. The van der Waals surface area contributed by atoms with Crippen LogP contribution in [0, 0.1) is 11.3 Å². The van der Waals surface area contributed by atoms with Crippen LogP contribution >= 0.6 is 0 Å². The van der Waals surface area contributed by atoms with Crippen LogP contribution in [0.25, 0.3) is 0 Å². The van der Waals surface area contributed by atoms with Gasteiger partial charge in [0.2, 0.25) is 0 Å². The fourth-order valence-electron chi connectivity index (χ4n) is 4.24. The Morgan fingerprint density at radius 2 is 1.97 bits per heavy atom. The number of rotatable bonds is 6. The van der Waals surface area contributed by atoms with Crippen molar-refractivity contribution in [2.75, 3.05) is 12.8 Å². The zero-order chi connectivity index (χ0) is 23.3. The van der Waals surface area contributed by atoms with Gasteiger partial charge in [0.1, 0.15) is 5.69 Å². The summed E-state index contributed by atoms with van der Waals surface area (Å²) in [4.78, 5) is 27.7. The molecule has 2 aromatic rings. The van der Waals surface area contributed by atoms with E-state index >= 15 is 0 Å². The number of hydrogen-bond acceptors (Lipinski definition) is 6. The minimum absolute atomic E-state index is 0.163. The molecule has 1 aliphatic heterocycles. The molecule has 1 aromatic carbocycles. The third kappa shape index (κ3) is 3.77. The zero-order valence-corrected chi connectivity index (χ0v) is 19.1. The summed E-state index contributed by atoms with van der Waals surface area (Å²) in [6.45, 7) is 2.30. The highest BCUT2D eigenvalue weighted by Gasteiger charge is 2.55. The number of sulfone groups is 1. The number of nitrogens with one attached hydrogen (secondary N) is 1. The van der Waals surface area contributed by atoms with E-state index in [4.69, 9.17) is 5.26 Å². The molecule has 0 spiro atoms. The van der Waals surface area contributed by atoms with E-state index < -0.39 is 14.6 Å². The van der Waals surface area contributed by atoms with Crippen LogP contribution in [0.4, 0.5) is 0 Å². The molecule has 0 unspecified atom stereocenters. The van der Waals surface area contributed by atoms with Crippen molar-refractivity contribution in [3.05, 3.63) is 52.3 Å². The molecule has 1 fully saturated rings. The number of carbonyl (C=O) groups is 2. The van der Waals surface area contributed by atoms with Gasteiger partial charge in [0.25, 0.3) is 11.8 Å². The topological polar surface area (TPSA) is 125 Å². The van der Waals surface area contributed by atoms with E-state index in [-0.39, 0.29) is 36.6 Å². The Bertz CT molecular complexity index is 1240. The highest BCUT2D eigenvalue weighted by molar-refractivity contribution is 7.92. The second-order valence-corrected chi connectivity index (χ2v) is 11.1. The summed E-state index contributed by atoms with van der Waals surface area (Å²) in [5.41, 5.74) is 2.51. The first kappa shape index (κ1) is 22.0. The summed E-state index contributed by atoms with van der Waals surface area (Å²) >= 11 is 0. The van der Waals surface area contributed by atoms with Crippen molar-refractivity contribution in [1.82, 2.24) is 20.0 Å². The van der Waals surface area contributed by atoms with Gasteiger partial charge in [0.05, 0.1) is 16.4 Å². The van der Waals surface area contributed by atoms with Gasteiger partial charge < -0.3 is 10.2 Å². The lowest BCUT2D eigenvalue weighted by Crippen LogP contribution is -2.50. The van der Waals surface area contributed by atoms with Gasteiger partial charge in [-0.2, -0.15) is 10.4 Å². The number of aryl methyl sites for hydroxylation is 1. The number of fused-ring (bicyclic) bond motifs is 1. The summed E-state index contributed by atoms with van der Waals surface area (Å²) in [5, 5.41) is 16.0. The lowest BCUT2D eigenvalue weighted by molar-refractivity contribution is 0.0650. The molecule has 1 N–H and O–H groups in total. The first-order chi connectivity index (χ1) is 15.1. The molecule has 1 aromatic heterocycles. The summed E-state index contributed by atoms with van der Waals surface area (Å²) in [6.07, 6.45) is 2.77. The fourth-order valence-corrected chi connectivity index (χ4v) is 5.46. The Hall–Kier alpha value is -3.19. The third-order valence-electron chi connectivity index (χ3n) is 6.44.